The van der Waals surface area contributed by atoms with Crippen LogP contribution in [-0.4, -0.2) is 57.3 Å². The molecule has 0 amide bonds. The molecule has 7 heteroatoms. The summed E-state index contributed by atoms with van der Waals surface area (Å²) in [6.07, 6.45) is 8.75. The summed E-state index contributed by atoms with van der Waals surface area (Å²) in [7, 11) is -3.64. The lowest BCUT2D eigenvalue weighted by Gasteiger charge is -2.26. The van der Waals surface area contributed by atoms with E-state index in [0.29, 0.717) is 37.1 Å². The normalized spacial score (nSPS) is 20.8. The van der Waals surface area contributed by atoms with Crippen LogP contribution in [0.4, 0.5) is 0 Å². The second kappa shape index (κ2) is 11.3. The number of sulfonamides is 1. The molecule has 3 fully saturated rings. The molecule has 2 heterocycles. The predicted octanol–water partition coefficient (Wildman–Crippen LogP) is 6.00. The zero-order chi connectivity index (χ0) is 27.8. The van der Waals surface area contributed by atoms with E-state index in [4.69, 9.17) is 4.74 Å². The number of benzene rings is 1. The minimum atomic E-state index is -3.64. The maximum Gasteiger partial charge on any atom is 0.242 e. The number of hydrogen-bond acceptors (Lipinski definition) is 4. The molecule has 1 N–H and O–H groups in total. The maximum atomic E-state index is 13.7. The number of nitrogens with zero attached hydrogens (tertiary/aromatic N) is 2. The Kier molecular flexibility index (Phi) is 8.36. The molecule has 6 nitrogen and oxygen atoms in total. The lowest BCUT2D eigenvalue weighted by molar-refractivity contribution is 0.0390. The van der Waals surface area contributed by atoms with Gasteiger partial charge in [-0.2, -0.15) is 0 Å². The summed E-state index contributed by atoms with van der Waals surface area (Å²) < 4.78 is 38.0. The van der Waals surface area contributed by atoms with E-state index in [-0.39, 0.29) is 10.8 Å². The summed E-state index contributed by atoms with van der Waals surface area (Å²) in [5, 5.41) is 0. The molecule has 1 saturated heterocycles. The van der Waals surface area contributed by atoms with E-state index in [1.807, 2.05) is 13.0 Å². The Hall–Kier alpha value is -1.67. The lowest BCUT2D eigenvalue weighted by atomic mass is 9.82. The van der Waals surface area contributed by atoms with Crippen molar-refractivity contribution < 1.29 is 13.2 Å². The second-order valence-corrected chi connectivity index (χ2v) is 15.3. The topological polar surface area (TPSA) is 63.6 Å². The fraction of sp³-hybridized carbons (Fsp3) is 0.688. The molecular formula is C32H49N3O3S. The molecule has 0 spiro atoms. The van der Waals surface area contributed by atoms with Crippen LogP contribution >= 0.6 is 0 Å². The van der Waals surface area contributed by atoms with E-state index in [1.54, 1.807) is 0 Å². The van der Waals surface area contributed by atoms with E-state index in [0.717, 1.165) is 36.6 Å². The van der Waals surface area contributed by atoms with Crippen molar-refractivity contribution in [1.29, 1.82) is 0 Å². The van der Waals surface area contributed by atoms with E-state index in [9.17, 15) is 8.42 Å². The SMILES string of the molecule is Cc1c(S(=O)(=O)NCCN2CCOCC2)cc(-c2cc(C(C)(C)C)cc(C3(C)CC3)c2)n1CC1CCCCC1. The van der Waals surface area contributed by atoms with Gasteiger partial charge in [0.2, 0.25) is 10.0 Å². The molecule has 5 rings (SSSR count). The second-order valence-electron chi connectivity index (χ2n) is 13.6. The fourth-order valence-electron chi connectivity index (χ4n) is 6.27. The van der Waals surface area contributed by atoms with Gasteiger partial charge in [0.05, 0.1) is 13.2 Å². The van der Waals surface area contributed by atoms with Crippen LogP contribution in [0.5, 0.6) is 0 Å². The average Bonchev–Trinajstić information content (AvgIpc) is 3.58. The first kappa shape index (κ1) is 28.8. The number of hydrogen-bond donors (Lipinski definition) is 1. The van der Waals surface area contributed by atoms with Crippen molar-refractivity contribution in [1.82, 2.24) is 14.2 Å². The highest BCUT2D eigenvalue weighted by Gasteiger charge is 2.40. The van der Waals surface area contributed by atoms with Crippen LogP contribution in [0.3, 0.4) is 0 Å². The fourth-order valence-corrected chi connectivity index (χ4v) is 7.55. The maximum absolute atomic E-state index is 13.7. The largest absolute Gasteiger partial charge is 0.379 e. The number of rotatable bonds is 9. The highest BCUT2D eigenvalue weighted by atomic mass is 32.2. The molecule has 3 aliphatic rings. The van der Waals surface area contributed by atoms with Gasteiger partial charge < -0.3 is 9.30 Å². The molecule has 0 unspecified atom stereocenters. The molecule has 1 aromatic heterocycles. The van der Waals surface area contributed by atoms with Crippen molar-refractivity contribution in [3.8, 4) is 11.3 Å². The predicted molar refractivity (Wildman–Crippen MR) is 159 cm³/mol. The molecule has 216 valence electrons. The Bertz CT molecular complexity index is 1230. The molecule has 2 saturated carbocycles. The van der Waals surface area contributed by atoms with Gasteiger partial charge in [-0.15, -0.1) is 0 Å². The van der Waals surface area contributed by atoms with Crippen LogP contribution in [0, 0.1) is 12.8 Å². The van der Waals surface area contributed by atoms with E-state index in [1.165, 1.54) is 56.1 Å². The highest BCUT2D eigenvalue weighted by Crippen LogP contribution is 2.49. The molecule has 1 aromatic carbocycles. The number of ether oxygens (including phenoxy) is 1. The molecule has 0 bridgehead atoms. The summed E-state index contributed by atoms with van der Waals surface area (Å²) in [5.74, 6) is 0.597. The summed E-state index contributed by atoms with van der Waals surface area (Å²) >= 11 is 0. The Morgan fingerprint density at radius 1 is 1.03 bits per heavy atom. The Morgan fingerprint density at radius 2 is 1.72 bits per heavy atom. The molecule has 2 aromatic rings. The van der Waals surface area contributed by atoms with Gasteiger partial charge in [-0.05, 0) is 84.2 Å². The average molecular weight is 556 g/mol. The van der Waals surface area contributed by atoms with Crippen LogP contribution in [0.25, 0.3) is 11.3 Å². The van der Waals surface area contributed by atoms with Crippen LogP contribution in [0.15, 0.2) is 29.2 Å². The molecule has 0 radical (unpaired) electrons. The van der Waals surface area contributed by atoms with Crippen LogP contribution in [0.2, 0.25) is 0 Å². The first-order valence-electron chi connectivity index (χ1n) is 15.1. The van der Waals surface area contributed by atoms with Crippen LogP contribution in [0.1, 0.15) is 89.5 Å². The zero-order valence-corrected chi connectivity index (χ0v) is 25.6. The minimum absolute atomic E-state index is 0.0157. The molecule has 39 heavy (non-hydrogen) atoms. The van der Waals surface area contributed by atoms with Crippen molar-refractivity contribution in [2.45, 2.75) is 102 Å². The van der Waals surface area contributed by atoms with Crippen LogP contribution < -0.4 is 4.72 Å². The van der Waals surface area contributed by atoms with Gasteiger partial charge in [-0.1, -0.05) is 53.0 Å². The van der Waals surface area contributed by atoms with Crippen molar-refractivity contribution in [2.24, 2.45) is 5.92 Å². The first-order valence-corrected chi connectivity index (χ1v) is 16.6. The van der Waals surface area contributed by atoms with Gasteiger partial charge in [0, 0.05) is 44.1 Å². The van der Waals surface area contributed by atoms with Gasteiger partial charge in [0.25, 0.3) is 0 Å². The van der Waals surface area contributed by atoms with Crippen molar-refractivity contribution in [2.75, 3.05) is 39.4 Å². The van der Waals surface area contributed by atoms with Gasteiger partial charge in [0.15, 0.2) is 0 Å². The zero-order valence-electron chi connectivity index (χ0n) is 24.8. The third-order valence-electron chi connectivity index (χ3n) is 9.39. The summed E-state index contributed by atoms with van der Waals surface area (Å²) in [6, 6.07) is 9.00. The van der Waals surface area contributed by atoms with Gasteiger partial charge in [0.1, 0.15) is 4.90 Å². The Balaban J connectivity index is 1.51. The van der Waals surface area contributed by atoms with E-state index >= 15 is 0 Å². The molecule has 0 atom stereocenters. The van der Waals surface area contributed by atoms with Gasteiger partial charge >= 0.3 is 0 Å². The molecule has 1 aliphatic heterocycles. The van der Waals surface area contributed by atoms with Crippen LogP contribution in [-0.2, 0) is 32.1 Å². The number of morpholine rings is 1. The first-order chi connectivity index (χ1) is 18.5. The lowest BCUT2D eigenvalue weighted by Crippen LogP contribution is -2.41. The number of aromatic nitrogens is 1. The Labute approximate surface area is 236 Å². The molecule has 2 aliphatic carbocycles. The standard InChI is InChI=1S/C32H49N3O3S/c1-24-30(39(36,37)33-13-14-34-15-17-38-18-16-34)22-29(35(24)23-25-9-7-6-8-10-25)26-19-27(31(2,3)4)21-28(20-26)32(5)11-12-32/h19-22,25,33H,6-18,23H2,1-5H3. The summed E-state index contributed by atoms with van der Waals surface area (Å²) in [6.45, 7) is 16.3. The van der Waals surface area contributed by atoms with Crippen molar-refractivity contribution in [3.05, 3.63) is 41.1 Å². The van der Waals surface area contributed by atoms with Crippen molar-refractivity contribution >= 4 is 10.0 Å². The monoisotopic (exact) mass is 555 g/mol. The van der Waals surface area contributed by atoms with Gasteiger partial charge in [-0.3, -0.25) is 4.90 Å². The minimum Gasteiger partial charge on any atom is -0.379 e. The third kappa shape index (κ3) is 6.64. The molecular weight excluding hydrogens is 506 g/mol. The quantitative estimate of drug-likeness (QED) is 0.412. The van der Waals surface area contributed by atoms with E-state index in [2.05, 4.69) is 60.1 Å². The summed E-state index contributed by atoms with van der Waals surface area (Å²) in [4.78, 5) is 2.69. The Morgan fingerprint density at radius 3 is 2.36 bits per heavy atom. The third-order valence-corrected chi connectivity index (χ3v) is 11.0. The number of nitrogens with one attached hydrogen (secondary N) is 1. The smallest absolute Gasteiger partial charge is 0.242 e. The van der Waals surface area contributed by atoms with Crippen molar-refractivity contribution in [3.63, 3.8) is 0 Å². The van der Waals surface area contributed by atoms with E-state index < -0.39 is 10.0 Å². The van der Waals surface area contributed by atoms with Gasteiger partial charge in [-0.25, -0.2) is 13.1 Å². The highest BCUT2D eigenvalue weighted by molar-refractivity contribution is 7.89. The summed E-state index contributed by atoms with van der Waals surface area (Å²) in [5.41, 5.74) is 6.02.